The number of ether oxygens (including phenoxy) is 1. The molecule has 1 saturated heterocycles. The van der Waals surface area contributed by atoms with Gasteiger partial charge in [-0.3, -0.25) is 4.90 Å². The molecule has 3 aromatic rings. The van der Waals surface area contributed by atoms with E-state index in [-0.39, 0.29) is 5.82 Å². The lowest BCUT2D eigenvalue weighted by molar-refractivity contribution is -0.192. The average Bonchev–Trinajstić information content (AvgIpc) is 2.88. The lowest BCUT2D eigenvalue weighted by Gasteiger charge is -2.31. The van der Waals surface area contributed by atoms with Crippen LogP contribution in [0.15, 0.2) is 77.7 Å². The fraction of sp³-hybridized carbons (Fsp3) is 0.321. The summed E-state index contributed by atoms with van der Waals surface area (Å²) in [5.41, 5.74) is 3.00. The Bertz CT molecular complexity index is 1340. The maximum atomic E-state index is 13.4. The van der Waals surface area contributed by atoms with Crippen molar-refractivity contribution in [2.24, 2.45) is 5.92 Å². The van der Waals surface area contributed by atoms with Gasteiger partial charge >= 0.3 is 12.1 Å². The number of carboxylic acid groups (broad SMARTS) is 1. The molecule has 1 fully saturated rings. The third-order valence-electron chi connectivity index (χ3n) is 6.20. The van der Waals surface area contributed by atoms with Gasteiger partial charge in [0.15, 0.2) is 9.84 Å². The van der Waals surface area contributed by atoms with Gasteiger partial charge in [-0.05, 0) is 84.9 Å². The maximum Gasteiger partial charge on any atom is 0.490 e. The van der Waals surface area contributed by atoms with Crippen LogP contribution < -0.4 is 4.74 Å². The second-order valence-corrected chi connectivity index (χ2v) is 11.3. The van der Waals surface area contributed by atoms with Crippen LogP contribution in [-0.2, 0) is 21.2 Å². The number of halogens is 4. The summed E-state index contributed by atoms with van der Waals surface area (Å²) in [6.45, 7) is 3.47. The molecule has 6 nitrogen and oxygen atoms in total. The number of likely N-dealkylation sites (tertiary alicyclic amines) is 1. The Morgan fingerprint density at radius 3 is 2.00 bits per heavy atom. The van der Waals surface area contributed by atoms with Crippen molar-refractivity contribution in [3.63, 3.8) is 0 Å². The van der Waals surface area contributed by atoms with Crippen LogP contribution in [0.25, 0.3) is 11.1 Å². The topological polar surface area (TPSA) is 83.9 Å². The summed E-state index contributed by atoms with van der Waals surface area (Å²) in [6.07, 6.45) is -1.73. The largest absolute Gasteiger partial charge is 0.493 e. The summed E-state index contributed by atoms with van der Waals surface area (Å²) in [6, 6.07) is 21.6. The van der Waals surface area contributed by atoms with E-state index in [9.17, 15) is 26.0 Å². The molecule has 0 radical (unpaired) electrons. The Morgan fingerprint density at radius 1 is 0.974 bits per heavy atom. The Labute approximate surface area is 224 Å². The number of sulfone groups is 1. The summed E-state index contributed by atoms with van der Waals surface area (Å²) < 4.78 is 74.3. The molecular formula is C28H29F4NO5S. The van der Waals surface area contributed by atoms with Crippen LogP contribution >= 0.6 is 0 Å². The number of hydrogen-bond acceptors (Lipinski definition) is 5. The van der Waals surface area contributed by atoms with Gasteiger partial charge in [0.25, 0.3) is 0 Å². The van der Waals surface area contributed by atoms with E-state index in [0.717, 1.165) is 54.9 Å². The number of rotatable bonds is 7. The number of hydrogen-bond donors (Lipinski definition) is 1. The second kappa shape index (κ2) is 13.1. The van der Waals surface area contributed by atoms with Crippen molar-refractivity contribution in [1.82, 2.24) is 4.90 Å². The van der Waals surface area contributed by atoms with Crippen LogP contribution in [0.4, 0.5) is 17.6 Å². The number of benzene rings is 3. The van der Waals surface area contributed by atoms with Crippen molar-refractivity contribution in [3.8, 4) is 16.9 Å². The van der Waals surface area contributed by atoms with Gasteiger partial charge in [-0.25, -0.2) is 17.6 Å². The minimum Gasteiger partial charge on any atom is -0.493 e. The molecule has 39 heavy (non-hydrogen) atoms. The van der Waals surface area contributed by atoms with Gasteiger partial charge in [-0.1, -0.05) is 36.4 Å². The van der Waals surface area contributed by atoms with Crippen molar-refractivity contribution < 1.29 is 40.6 Å². The first-order chi connectivity index (χ1) is 18.3. The average molecular weight is 568 g/mol. The summed E-state index contributed by atoms with van der Waals surface area (Å²) in [5.74, 6) is -1.58. The Morgan fingerprint density at radius 2 is 1.51 bits per heavy atom. The minimum atomic E-state index is -5.08. The zero-order chi connectivity index (χ0) is 28.6. The number of piperidine rings is 1. The van der Waals surface area contributed by atoms with Crippen LogP contribution in [0.3, 0.4) is 0 Å². The minimum absolute atomic E-state index is 0.178. The summed E-state index contributed by atoms with van der Waals surface area (Å²) in [5, 5.41) is 7.12. The van der Waals surface area contributed by atoms with E-state index in [2.05, 4.69) is 4.90 Å². The van der Waals surface area contributed by atoms with Crippen molar-refractivity contribution in [3.05, 3.63) is 84.2 Å². The van der Waals surface area contributed by atoms with E-state index in [1.807, 2.05) is 42.5 Å². The van der Waals surface area contributed by atoms with Gasteiger partial charge in [0.2, 0.25) is 0 Å². The summed E-state index contributed by atoms with van der Waals surface area (Å²) in [7, 11) is -3.19. The van der Waals surface area contributed by atoms with E-state index in [0.29, 0.717) is 17.4 Å². The summed E-state index contributed by atoms with van der Waals surface area (Å²) in [4.78, 5) is 11.6. The van der Waals surface area contributed by atoms with Gasteiger partial charge in [0.1, 0.15) is 11.6 Å². The quantitative estimate of drug-likeness (QED) is 0.362. The Kier molecular flexibility index (Phi) is 10.1. The van der Waals surface area contributed by atoms with Gasteiger partial charge < -0.3 is 9.84 Å². The second-order valence-electron chi connectivity index (χ2n) is 9.28. The molecule has 0 atom stereocenters. The molecule has 3 aromatic carbocycles. The highest BCUT2D eigenvalue weighted by molar-refractivity contribution is 7.90. The van der Waals surface area contributed by atoms with Crippen molar-refractivity contribution in [1.29, 1.82) is 0 Å². The van der Waals surface area contributed by atoms with E-state index < -0.39 is 22.0 Å². The predicted octanol–water partition coefficient (Wildman–Crippen LogP) is 5.82. The van der Waals surface area contributed by atoms with Crippen molar-refractivity contribution in [2.75, 3.05) is 26.0 Å². The number of carbonyl (C=O) groups is 1. The molecule has 0 aliphatic carbocycles. The molecular weight excluding hydrogens is 538 g/mol. The SMILES string of the molecule is CS(=O)(=O)c1ccc(-c2ccc(OCC3CCN(Cc4cccc(F)c4)CC3)cc2)cc1.O=C(O)C(F)(F)F. The lowest BCUT2D eigenvalue weighted by Crippen LogP contribution is -2.35. The van der Waals surface area contributed by atoms with E-state index in [1.165, 1.54) is 12.3 Å². The van der Waals surface area contributed by atoms with E-state index in [4.69, 9.17) is 14.6 Å². The first kappa shape index (κ1) is 30.1. The highest BCUT2D eigenvalue weighted by Gasteiger charge is 2.38. The van der Waals surface area contributed by atoms with E-state index in [1.54, 1.807) is 24.3 Å². The first-order valence-corrected chi connectivity index (χ1v) is 14.0. The van der Waals surface area contributed by atoms with Gasteiger partial charge in [0.05, 0.1) is 11.5 Å². The fourth-order valence-electron chi connectivity index (χ4n) is 4.06. The van der Waals surface area contributed by atoms with Crippen molar-refractivity contribution >= 4 is 15.8 Å². The molecule has 11 heteroatoms. The Hall–Kier alpha value is -3.44. The van der Waals surface area contributed by atoms with Crippen LogP contribution in [-0.4, -0.2) is 56.5 Å². The monoisotopic (exact) mass is 567 g/mol. The number of aliphatic carboxylic acids is 1. The van der Waals surface area contributed by atoms with Gasteiger partial charge in [-0.15, -0.1) is 0 Å². The highest BCUT2D eigenvalue weighted by atomic mass is 32.2. The third kappa shape index (κ3) is 9.67. The predicted molar refractivity (Wildman–Crippen MR) is 139 cm³/mol. The zero-order valence-electron chi connectivity index (χ0n) is 21.2. The molecule has 0 unspecified atom stereocenters. The molecule has 0 amide bonds. The van der Waals surface area contributed by atoms with Crippen LogP contribution in [0.2, 0.25) is 0 Å². The van der Waals surface area contributed by atoms with Crippen LogP contribution in [0.1, 0.15) is 18.4 Å². The maximum absolute atomic E-state index is 13.4. The molecule has 1 heterocycles. The van der Waals surface area contributed by atoms with Crippen LogP contribution in [0, 0.1) is 11.7 Å². The van der Waals surface area contributed by atoms with Crippen molar-refractivity contribution in [2.45, 2.75) is 30.5 Å². The molecule has 210 valence electrons. The molecule has 4 rings (SSSR count). The molecule has 0 spiro atoms. The standard InChI is InChI=1S/C26H28FNO3S.C2HF3O2/c1-32(29,30)26-11-7-23(8-12-26)22-5-9-25(10-6-22)31-19-20-13-15-28(16-14-20)18-21-3-2-4-24(27)17-21;3-2(4,5)1(6)7/h2-12,17,20H,13-16,18-19H2,1H3;(H,6,7). The zero-order valence-corrected chi connectivity index (χ0v) is 22.0. The molecule has 1 aliphatic heterocycles. The lowest BCUT2D eigenvalue weighted by atomic mass is 9.97. The fourth-order valence-corrected chi connectivity index (χ4v) is 4.69. The Balaban J connectivity index is 0.000000532. The highest BCUT2D eigenvalue weighted by Crippen LogP contribution is 2.25. The summed E-state index contributed by atoms with van der Waals surface area (Å²) >= 11 is 0. The van der Waals surface area contributed by atoms with Crippen LogP contribution in [0.5, 0.6) is 5.75 Å². The number of nitrogens with zero attached hydrogens (tertiary/aromatic N) is 1. The third-order valence-corrected chi connectivity index (χ3v) is 7.33. The normalized spacial score (nSPS) is 14.8. The molecule has 1 N–H and O–H groups in total. The number of carboxylic acids is 1. The smallest absolute Gasteiger partial charge is 0.490 e. The molecule has 0 bridgehead atoms. The molecule has 0 saturated carbocycles. The van der Waals surface area contributed by atoms with E-state index >= 15 is 0 Å². The number of alkyl halides is 3. The van der Waals surface area contributed by atoms with Gasteiger partial charge in [0, 0.05) is 12.8 Å². The molecule has 1 aliphatic rings. The molecule has 0 aromatic heterocycles. The first-order valence-electron chi connectivity index (χ1n) is 12.1. The van der Waals surface area contributed by atoms with Gasteiger partial charge in [-0.2, -0.15) is 13.2 Å².